The monoisotopic (exact) mass is 240 g/mol. The van der Waals surface area contributed by atoms with E-state index in [4.69, 9.17) is 0 Å². The molecule has 88 valence electrons. The largest absolute Gasteiger partial charge is 0.301 e. The van der Waals surface area contributed by atoms with Gasteiger partial charge in [0.2, 0.25) is 0 Å². The molecule has 0 aromatic heterocycles. The number of hydrogen-bond acceptors (Lipinski definition) is 2. The van der Waals surface area contributed by atoms with Gasteiger partial charge in [0.15, 0.2) is 0 Å². The van der Waals surface area contributed by atoms with Crippen LogP contribution in [0.15, 0.2) is 24.3 Å². The third-order valence-corrected chi connectivity index (χ3v) is 4.02. The van der Waals surface area contributed by atoms with Gasteiger partial charge in [-0.2, -0.15) is 12.7 Å². The van der Waals surface area contributed by atoms with Crippen molar-refractivity contribution in [3.05, 3.63) is 29.8 Å². The van der Waals surface area contributed by atoms with E-state index >= 15 is 0 Å². The number of anilines is 1. The average molecular weight is 240 g/mol. The summed E-state index contributed by atoms with van der Waals surface area (Å²) in [5.41, 5.74) is 1.86. The topological polar surface area (TPSA) is 49.2 Å². The predicted molar refractivity (Wildman–Crippen MR) is 64.6 cm³/mol. The van der Waals surface area contributed by atoms with Crippen LogP contribution < -0.4 is 4.72 Å². The summed E-state index contributed by atoms with van der Waals surface area (Å²) in [4.78, 5) is 0. The molecule has 2 rings (SSSR count). The first kappa shape index (κ1) is 11.4. The summed E-state index contributed by atoms with van der Waals surface area (Å²) < 4.78 is 27.1. The van der Waals surface area contributed by atoms with Crippen molar-refractivity contribution in [1.29, 1.82) is 0 Å². The van der Waals surface area contributed by atoms with Crippen LogP contribution in [0, 0.1) is 0 Å². The highest BCUT2D eigenvalue weighted by molar-refractivity contribution is 7.90. The first-order valence-corrected chi connectivity index (χ1v) is 6.92. The van der Waals surface area contributed by atoms with Crippen molar-refractivity contribution in [2.75, 3.05) is 17.8 Å². The van der Waals surface area contributed by atoms with E-state index in [9.17, 15) is 8.42 Å². The van der Waals surface area contributed by atoms with Crippen LogP contribution in [-0.2, 0) is 16.6 Å². The van der Waals surface area contributed by atoms with Crippen molar-refractivity contribution in [3.8, 4) is 0 Å². The van der Waals surface area contributed by atoms with Crippen LogP contribution in [0.4, 0.5) is 5.69 Å². The summed E-state index contributed by atoms with van der Waals surface area (Å²) in [7, 11) is -3.28. The summed E-state index contributed by atoms with van der Waals surface area (Å²) in [6.07, 6.45) is 2.12. The molecule has 4 nitrogen and oxygen atoms in total. The molecule has 0 aliphatic carbocycles. The Morgan fingerprint density at radius 1 is 1.25 bits per heavy atom. The predicted octanol–water partition coefficient (Wildman–Crippen LogP) is 1.61. The van der Waals surface area contributed by atoms with Crippen LogP contribution >= 0.6 is 0 Å². The Kier molecular flexibility index (Phi) is 3.16. The van der Waals surface area contributed by atoms with Gasteiger partial charge in [-0.15, -0.1) is 0 Å². The molecule has 1 aromatic rings. The number of benzene rings is 1. The van der Waals surface area contributed by atoms with Gasteiger partial charge < -0.3 is 0 Å². The third kappa shape index (κ3) is 2.74. The molecule has 0 spiro atoms. The van der Waals surface area contributed by atoms with Crippen molar-refractivity contribution in [1.82, 2.24) is 4.31 Å². The summed E-state index contributed by atoms with van der Waals surface area (Å²) in [5, 5.41) is 0. The van der Waals surface area contributed by atoms with E-state index in [1.165, 1.54) is 9.87 Å². The van der Waals surface area contributed by atoms with Crippen LogP contribution in [0.1, 0.15) is 18.9 Å². The van der Waals surface area contributed by atoms with Gasteiger partial charge in [-0.3, -0.25) is 4.72 Å². The van der Waals surface area contributed by atoms with Gasteiger partial charge in [-0.05, 0) is 24.1 Å². The minimum absolute atomic E-state index is 0.628. The third-order valence-electron chi connectivity index (χ3n) is 2.49. The second kappa shape index (κ2) is 4.43. The van der Waals surface area contributed by atoms with Crippen molar-refractivity contribution >= 4 is 15.9 Å². The van der Waals surface area contributed by atoms with E-state index in [-0.39, 0.29) is 0 Å². The molecule has 1 heterocycles. The van der Waals surface area contributed by atoms with Crippen molar-refractivity contribution in [3.63, 3.8) is 0 Å². The van der Waals surface area contributed by atoms with Crippen molar-refractivity contribution in [2.45, 2.75) is 19.8 Å². The van der Waals surface area contributed by atoms with Crippen LogP contribution in [0.2, 0.25) is 0 Å². The molecule has 1 aromatic carbocycles. The Hall–Kier alpha value is -1.07. The van der Waals surface area contributed by atoms with Crippen LogP contribution in [0.5, 0.6) is 0 Å². The second-order valence-corrected chi connectivity index (χ2v) is 5.62. The molecule has 1 saturated heterocycles. The minimum atomic E-state index is -3.28. The summed E-state index contributed by atoms with van der Waals surface area (Å²) in [6, 6.07) is 7.55. The zero-order valence-electron chi connectivity index (χ0n) is 9.31. The maximum Gasteiger partial charge on any atom is 0.301 e. The average Bonchev–Trinajstić information content (AvgIpc) is 3.04. The fourth-order valence-electron chi connectivity index (χ4n) is 1.52. The van der Waals surface area contributed by atoms with Crippen molar-refractivity contribution < 1.29 is 8.42 Å². The lowest BCUT2D eigenvalue weighted by atomic mass is 10.1. The molecule has 1 aliphatic rings. The van der Waals surface area contributed by atoms with Crippen LogP contribution in [-0.4, -0.2) is 25.8 Å². The van der Waals surface area contributed by atoms with Gasteiger partial charge in [-0.25, -0.2) is 0 Å². The van der Waals surface area contributed by atoms with E-state index in [2.05, 4.69) is 11.6 Å². The minimum Gasteiger partial charge on any atom is -0.271 e. The molecule has 0 amide bonds. The summed E-state index contributed by atoms with van der Waals surface area (Å²) in [5.74, 6) is 0. The smallest absolute Gasteiger partial charge is 0.271 e. The summed E-state index contributed by atoms with van der Waals surface area (Å²) >= 11 is 0. The first-order chi connectivity index (χ1) is 7.62. The maximum atomic E-state index is 11.6. The van der Waals surface area contributed by atoms with Crippen molar-refractivity contribution in [2.24, 2.45) is 0 Å². The fraction of sp³-hybridized carbons (Fsp3) is 0.455. The Morgan fingerprint density at radius 3 is 2.38 bits per heavy atom. The van der Waals surface area contributed by atoms with Gasteiger partial charge in [0.1, 0.15) is 0 Å². The highest BCUT2D eigenvalue weighted by Crippen LogP contribution is 2.17. The number of nitrogens with zero attached hydrogens (tertiary/aromatic N) is 1. The summed E-state index contributed by atoms with van der Waals surface area (Å²) in [6.45, 7) is 3.38. The molecule has 1 N–H and O–H groups in total. The van der Waals surface area contributed by atoms with E-state index in [1.54, 1.807) is 0 Å². The second-order valence-electron chi connectivity index (χ2n) is 3.95. The number of hydrogen-bond donors (Lipinski definition) is 1. The highest BCUT2D eigenvalue weighted by Gasteiger charge is 2.31. The van der Waals surface area contributed by atoms with Gasteiger partial charge in [0, 0.05) is 18.8 Å². The quantitative estimate of drug-likeness (QED) is 0.795. The highest BCUT2D eigenvalue weighted by atomic mass is 32.2. The molecule has 1 fully saturated rings. The Bertz CT molecular complexity index is 449. The van der Waals surface area contributed by atoms with Gasteiger partial charge >= 0.3 is 10.2 Å². The van der Waals surface area contributed by atoms with Gasteiger partial charge in [0.05, 0.1) is 0 Å². The SMILES string of the molecule is CCCc1ccc(NS(=O)(=O)N2CC2)cc1. The molecule has 0 unspecified atom stereocenters. The zero-order valence-corrected chi connectivity index (χ0v) is 10.1. The fourth-order valence-corrected chi connectivity index (χ4v) is 2.65. The molecule has 0 radical (unpaired) electrons. The molecular weight excluding hydrogens is 224 g/mol. The van der Waals surface area contributed by atoms with E-state index in [1.807, 2.05) is 24.3 Å². The molecule has 0 atom stereocenters. The maximum absolute atomic E-state index is 11.6. The van der Waals surface area contributed by atoms with E-state index in [0.717, 1.165) is 12.8 Å². The molecule has 0 bridgehead atoms. The molecule has 5 heteroatoms. The lowest BCUT2D eigenvalue weighted by Crippen LogP contribution is -2.20. The van der Waals surface area contributed by atoms with Crippen LogP contribution in [0.25, 0.3) is 0 Å². The Morgan fingerprint density at radius 2 is 1.88 bits per heavy atom. The standard InChI is InChI=1S/C11H16N2O2S/c1-2-3-10-4-6-11(7-5-10)12-16(14,15)13-8-9-13/h4-7,12H,2-3,8-9H2,1H3. The van der Waals surface area contributed by atoms with Gasteiger partial charge in [0.25, 0.3) is 0 Å². The van der Waals surface area contributed by atoms with E-state index in [0.29, 0.717) is 18.8 Å². The Labute approximate surface area is 96.5 Å². The van der Waals surface area contributed by atoms with E-state index < -0.39 is 10.2 Å². The molecule has 0 saturated carbocycles. The van der Waals surface area contributed by atoms with Gasteiger partial charge in [-0.1, -0.05) is 25.5 Å². The normalized spacial score (nSPS) is 16.1. The zero-order chi connectivity index (χ0) is 11.6. The lowest BCUT2D eigenvalue weighted by molar-refractivity contribution is 0.569. The molecular formula is C11H16N2O2S. The van der Waals surface area contributed by atoms with Crippen LogP contribution in [0.3, 0.4) is 0 Å². The lowest BCUT2D eigenvalue weighted by Gasteiger charge is -2.08. The molecule has 1 aliphatic heterocycles. The first-order valence-electron chi connectivity index (χ1n) is 5.48. The number of rotatable bonds is 5. The molecule has 16 heavy (non-hydrogen) atoms. The number of nitrogens with one attached hydrogen (secondary N) is 1. The Balaban J connectivity index is 2.04. The number of aryl methyl sites for hydroxylation is 1.